The van der Waals surface area contributed by atoms with Gasteiger partial charge in [-0.25, -0.2) is 0 Å². The third-order valence-corrected chi connectivity index (χ3v) is 3.25. The van der Waals surface area contributed by atoms with E-state index in [9.17, 15) is 4.79 Å². The van der Waals surface area contributed by atoms with Crippen LogP contribution in [0.3, 0.4) is 0 Å². The molecule has 0 radical (unpaired) electrons. The molecule has 94 valence electrons. The van der Waals surface area contributed by atoms with Gasteiger partial charge >= 0.3 is 5.97 Å². The van der Waals surface area contributed by atoms with Gasteiger partial charge in [0.1, 0.15) is 5.54 Å². The summed E-state index contributed by atoms with van der Waals surface area (Å²) in [5.41, 5.74) is -0.505. The van der Waals surface area contributed by atoms with Crippen LogP contribution >= 0.6 is 0 Å². The van der Waals surface area contributed by atoms with Gasteiger partial charge in [0.15, 0.2) is 0 Å². The molecule has 3 heteroatoms. The molecular weight excluding hydrogens is 202 g/mol. The van der Waals surface area contributed by atoms with Crippen LogP contribution in [0.4, 0.5) is 0 Å². The monoisotopic (exact) mass is 227 g/mol. The van der Waals surface area contributed by atoms with E-state index in [1.54, 1.807) is 0 Å². The lowest BCUT2D eigenvalue weighted by Crippen LogP contribution is -2.54. The minimum Gasteiger partial charge on any atom is -0.465 e. The molecule has 1 N–H and O–H groups in total. The third-order valence-electron chi connectivity index (χ3n) is 3.25. The van der Waals surface area contributed by atoms with Crippen molar-refractivity contribution in [2.75, 3.05) is 6.61 Å². The van der Waals surface area contributed by atoms with E-state index in [1.165, 1.54) is 19.3 Å². The maximum atomic E-state index is 12.0. The summed E-state index contributed by atoms with van der Waals surface area (Å²) in [5, 5.41) is 3.37. The molecule has 0 aliphatic heterocycles. The maximum absolute atomic E-state index is 12.0. The zero-order chi connectivity index (χ0) is 12.2. The smallest absolute Gasteiger partial charge is 0.326 e. The van der Waals surface area contributed by atoms with Crippen LogP contribution in [0.2, 0.25) is 0 Å². The van der Waals surface area contributed by atoms with Crippen molar-refractivity contribution < 1.29 is 9.53 Å². The van der Waals surface area contributed by atoms with Gasteiger partial charge in [0, 0.05) is 6.04 Å². The molecule has 0 aromatic carbocycles. The minimum absolute atomic E-state index is 0.101. The molecule has 0 saturated heterocycles. The first-order chi connectivity index (χ1) is 7.48. The normalized spacial score (nSPS) is 20.3. The van der Waals surface area contributed by atoms with Gasteiger partial charge < -0.3 is 4.74 Å². The summed E-state index contributed by atoms with van der Waals surface area (Å²) in [6, 6.07) is 0.300. The Morgan fingerprint density at radius 1 is 1.50 bits per heavy atom. The molecule has 1 atom stereocenters. The topological polar surface area (TPSA) is 38.3 Å². The van der Waals surface area contributed by atoms with Crippen molar-refractivity contribution in [1.82, 2.24) is 5.32 Å². The Balaban J connectivity index is 2.61. The van der Waals surface area contributed by atoms with E-state index in [2.05, 4.69) is 19.2 Å². The number of hydrogen-bond acceptors (Lipinski definition) is 3. The van der Waals surface area contributed by atoms with E-state index in [0.717, 1.165) is 6.42 Å². The van der Waals surface area contributed by atoms with Crippen molar-refractivity contribution in [3.63, 3.8) is 0 Å². The quantitative estimate of drug-likeness (QED) is 0.708. The standard InChI is InChI=1S/C13H25NO2/c1-5-16-12(15)13(4,14-10(2)3)9-11-7-6-8-11/h10-11,14H,5-9H2,1-4H3. The van der Waals surface area contributed by atoms with Crippen molar-refractivity contribution in [3.8, 4) is 0 Å². The molecule has 1 aliphatic rings. The minimum atomic E-state index is -0.505. The van der Waals surface area contributed by atoms with Crippen LogP contribution < -0.4 is 5.32 Å². The molecule has 0 spiro atoms. The first-order valence-electron chi connectivity index (χ1n) is 6.43. The van der Waals surface area contributed by atoms with E-state index in [-0.39, 0.29) is 5.97 Å². The van der Waals surface area contributed by atoms with E-state index >= 15 is 0 Å². The second kappa shape index (κ2) is 5.67. The van der Waals surface area contributed by atoms with Gasteiger partial charge in [-0.15, -0.1) is 0 Å². The molecule has 1 saturated carbocycles. The van der Waals surface area contributed by atoms with Crippen LogP contribution in [0.15, 0.2) is 0 Å². The Morgan fingerprint density at radius 2 is 2.12 bits per heavy atom. The lowest BCUT2D eigenvalue weighted by molar-refractivity contribution is -0.152. The summed E-state index contributed by atoms with van der Waals surface area (Å²) in [6.45, 7) is 8.43. The van der Waals surface area contributed by atoms with Gasteiger partial charge in [-0.1, -0.05) is 19.3 Å². The fourth-order valence-corrected chi connectivity index (χ4v) is 2.40. The van der Waals surface area contributed by atoms with Gasteiger partial charge in [-0.3, -0.25) is 10.1 Å². The number of esters is 1. The number of nitrogens with one attached hydrogen (secondary N) is 1. The van der Waals surface area contributed by atoms with Crippen LogP contribution in [0.5, 0.6) is 0 Å². The number of hydrogen-bond donors (Lipinski definition) is 1. The Bertz CT molecular complexity index is 236. The lowest BCUT2D eigenvalue weighted by atomic mass is 9.76. The summed E-state index contributed by atoms with van der Waals surface area (Å²) >= 11 is 0. The van der Waals surface area contributed by atoms with E-state index in [0.29, 0.717) is 18.6 Å². The van der Waals surface area contributed by atoms with E-state index in [4.69, 9.17) is 4.74 Å². The van der Waals surface area contributed by atoms with Gasteiger partial charge in [-0.2, -0.15) is 0 Å². The predicted molar refractivity (Wildman–Crippen MR) is 65.3 cm³/mol. The Labute approximate surface area is 98.9 Å². The molecule has 1 aliphatic carbocycles. The Hall–Kier alpha value is -0.570. The molecule has 0 bridgehead atoms. The predicted octanol–water partition coefficient (Wildman–Crippen LogP) is 2.50. The second-order valence-electron chi connectivity index (χ2n) is 5.35. The van der Waals surface area contributed by atoms with Gasteiger partial charge in [0.25, 0.3) is 0 Å². The molecule has 0 heterocycles. The first kappa shape index (κ1) is 13.5. The van der Waals surface area contributed by atoms with Crippen LogP contribution in [-0.2, 0) is 9.53 Å². The number of ether oxygens (including phenoxy) is 1. The summed E-state index contributed by atoms with van der Waals surface area (Å²) in [6.07, 6.45) is 4.73. The van der Waals surface area contributed by atoms with Crippen LogP contribution in [0.1, 0.15) is 53.4 Å². The van der Waals surface area contributed by atoms with Crippen LogP contribution in [-0.4, -0.2) is 24.2 Å². The highest BCUT2D eigenvalue weighted by Gasteiger charge is 2.38. The molecule has 1 fully saturated rings. The van der Waals surface area contributed by atoms with Crippen molar-refractivity contribution in [2.24, 2.45) is 5.92 Å². The molecule has 0 amide bonds. The summed E-state index contributed by atoms with van der Waals surface area (Å²) in [4.78, 5) is 12.0. The summed E-state index contributed by atoms with van der Waals surface area (Å²) < 4.78 is 5.18. The van der Waals surface area contributed by atoms with Crippen molar-refractivity contribution in [3.05, 3.63) is 0 Å². The zero-order valence-corrected chi connectivity index (χ0v) is 11.0. The van der Waals surface area contributed by atoms with Crippen LogP contribution in [0, 0.1) is 5.92 Å². The summed E-state index contributed by atoms with van der Waals surface area (Å²) in [5.74, 6) is 0.594. The van der Waals surface area contributed by atoms with E-state index in [1.807, 2.05) is 13.8 Å². The number of carbonyl (C=O) groups excluding carboxylic acids is 1. The van der Waals surface area contributed by atoms with Crippen molar-refractivity contribution in [2.45, 2.75) is 65.0 Å². The maximum Gasteiger partial charge on any atom is 0.326 e. The fourth-order valence-electron chi connectivity index (χ4n) is 2.40. The zero-order valence-electron chi connectivity index (χ0n) is 11.0. The SMILES string of the molecule is CCOC(=O)C(C)(CC1CCC1)NC(C)C. The van der Waals surface area contributed by atoms with Crippen molar-refractivity contribution >= 4 is 5.97 Å². The van der Waals surface area contributed by atoms with Crippen molar-refractivity contribution in [1.29, 1.82) is 0 Å². The second-order valence-corrected chi connectivity index (χ2v) is 5.35. The van der Waals surface area contributed by atoms with Gasteiger partial charge in [0.2, 0.25) is 0 Å². The molecule has 16 heavy (non-hydrogen) atoms. The molecule has 3 nitrogen and oxygen atoms in total. The van der Waals surface area contributed by atoms with Gasteiger partial charge in [0.05, 0.1) is 6.61 Å². The molecule has 0 aromatic rings. The van der Waals surface area contributed by atoms with Crippen LogP contribution in [0.25, 0.3) is 0 Å². The average Bonchev–Trinajstić information content (AvgIpc) is 2.11. The first-order valence-corrected chi connectivity index (χ1v) is 6.43. The molecule has 1 rings (SSSR count). The average molecular weight is 227 g/mol. The molecule has 1 unspecified atom stereocenters. The highest BCUT2D eigenvalue weighted by molar-refractivity contribution is 5.80. The number of rotatable bonds is 6. The lowest BCUT2D eigenvalue weighted by Gasteiger charge is -2.37. The molecular formula is C13H25NO2. The molecule has 0 aromatic heterocycles. The Morgan fingerprint density at radius 3 is 2.50 bits per heavy atom. The van der Waals surface area contributed by atoms with E-state index < -0.39 is 5.54 Å². The largest absolute Gasteiger partial charge is 0.465 e. The highest BCUT2D eigenvalue weighted by atomic mass is 16.5. The highest BCUT2D eigenvalue weighted by Crippen LogP contribution is 2.34. The fraction of sp³-hybridized carbons (Fsp3) is 0.923. The van der Waals surface area contributed by atoms with Gasteiger partial charge in [-0.05, 0) is 40.0 Å². The summed E-state index contributed by atoms with van der Waals surface area (Å²) in [7, 11) is 0. The number of carbonyl (C=O) groups is 1. The third kappa shape index (κ3) is 3.48. The Kier molecular flexibility index (Phi) is 4.78.